The van der Waals surface area contributed by atoms with Gasteiger partial charge in [0.15, 0.2) is 0 Å². The largest absolute Gasteiger partial charge is 0.349 e. The van der Waals surface area contributed by atoms with Gasteiger partial charge in [0, 0.05) is 11.6 Å². The van der Waals surface area contributed by atoms with Gasteiger partial charge in [0.2, 0.25) is 5.95 Å². The number of benzene rings is 1. The number of nitrogens with zero attached hydrogens (tertiary/aromatic N) is 4. The second-order valence-corrected chi connectivity index (χ2v) is 3.83. The van der Waals surface area contributed by atoms with Gasteiger partial charge in [-0.15, -0.1) is 6.58 Å². The van der Waals surface area contributed by atoms with E-state index in [2.05, 4.69) is 27.4 Å². The summed E-state index contributed by atoms with van der Waals surface area (Å²) < 4.78 is 1.63. The van der Waals surface area contributed by atoms with Gasteiger partial charge in [-0.05, 0) is 22.1 Å². The predicted molar refractivity (Wildman–Crippen MR) is 66.8 cm³/mol. The molecule has 0 radical (unpaired) electrons. The van der Waals surface area contributed by atoms with Crippen LogP contribution in [0.25, 0.3) is 0 Å². The monoisotopic (exact) mass is 249 g/mol. The van der Waals surface area contributed by atoms with Gasteiger partial charge in [0.1, 0.15) is 0 Å². The third-order valence-corrected chi connectivity index (χ3v) is 2.60. The van der Waals surface area contributed by atoms with Crippen LogP contribution in [0.4, 0.5) is 5.95 Å². The van der Waals surface area contributed by atoms with Gasteiger partial charge < -0.3 is 5.32 Å². The van der Waals surface area contributed by atoms with E-state index in [0.717, 1.165) is 10.6 Å². The lowest BCUT2D eigenvalue weighted by molar-refractivity contribution is 0.663. The van der Waals surface area contributed by atoms with E-state index in [1.165, 1.54) is 0 Å². The van der Waals surface area contributed by atoms with E-state index in [1.807, 2.05) is 24.3 Å². The summed E-state index contributed by atoms with van der Waals surface area (Å²) in [6.45, 7) is 4.79. The summed E-state index contributed by atoms with van der Waals surface area (Å²) in [5.74, 6) is 0.602. The van der Waals surface area contributed by atoms with Crippen molar-refractivity contribution in [3.05, 3.63) is 47.5 Å². The summed E-state index contributed by atoms with van der Waals surface area (Å²) in [5.41, 5.74) is 1.00. The number of allylic oxidation sites excluding steroid dienone is 1. The quantitative estimate of drug-likeness (QED) is 0.825. The minimum Gasteiger partial charge on any atom is -0.349 e. The fraction of sp³-hybridized carbons (Fsp3) is 0.182. The van der Waals surface area contributed by atoms with Crippen LogP contribution in [-0.4, -0.2) is 20.2 Å². The molecule has 17 heavy (non-hydrogen) atoms. The van der Waals surface area contributed by atoms with Crippen molar-refractivity contribution in [1.29, 1.82) is 0 Å². The minimum absolute atomic E-state index is 0.567. The Labute approximate surface area is 104 Å². The number of halogens is 1. The zero-order valence-corrected chi connectivity index (χ0v) is 9.93. The average molecular weight is 250 g/mol. The predicted octanol–water partition coefficient (Wildman–Crippen LogP) is 2.12. The highest BCUT2D eigenvalue weighted by molar-refractivity contribution is 6.31. The first-order valence-electron chi connectivity index (χ1n) is 5.15. The molecule has 1 heterocycles. The Morgan fingerprint density at radius 3 is 3.00 bits per heavy atom. The highest BCUT2D eigenvalue weighted by Crippen LogP contribution is 2.15. The molecule has 5 nitrogen and oxygen atoms in total. The maximum absolute atomic E-state index is 6.05. The molecule has 0 bridgehead atoms. The van der Waals surface area contributed by atoms with Crippen molar-refractivity contribution in [2.75, 3.05) is 5.32 Å². The number of hydrogen-bond donors (Lipinski definition) is 1. The molecule has 6 heteroatoms. The first kappa shape index (κ1) is 11.6. The molecule has 0 unspecified atom stereocenters. The highest BCUT2D eigenvalue weighted by atomic mass is 35.5. The molecule has 88 valence electrons. The van der Waals surface area contributed by atoms with Crippen molar-refractivity contribution >= 4 is 17.5 Å². The molecule has 0 aliphatic rings. The third-order valence-electron chi connectivity index (χ3n) is 2.23. The summed E-state index contributed by atoms with van der Waals surface area (Å²) in [4.78, 5) is 0. The maximum atomic E-state index is 6.05. The smallest absolute Gasteiger partial charge is 0.243 e. The molecule has 0 amide bonds. The Bertz CT molecular complexity index is 508. The van der Waals surface area contributed by atoms with Crippen LogP contribution in [0.2, 0.25) is 5.02 Å². The van der Waals surface area contributed by atoms with Gasteiger partial charge in [0.05, 0.1) is 6.54 Å². The molecule has 0 aliphatic heterocycles. The second kappa shape index (κ2) is 5.45. The van der Waals surface area contributed by atoms with E-state index < -0.39 is 0 Å². The Kier molecular flexibility index (Phi) is 3.72. The summed E-state index contributed by atoms with van der Waals surface area (Å²) in [7, 11) is 0. The van der Waals surface area contributed by atoms with Crippen molar-refractivity contribution < 1.29 is 0 Å². The van der Waals surface area contributed by atoms with E-state index in [4.69, 9.17) is 11.6 Å². The SMILES string of the molecule is C=CCn1nnnc1NCc1ccccc1Cl. The minimum atomic E-state index is 0.567. The van der Waals surface area contributed by atoms with E-state index in [0.29, 0.717) is 19.0 Å². The summed E-state index contributed by atoms with van der Waals surface area (Å²) >= 11 is 6.05. The van der Waals surface area contributed by atoms with Crippen LogP contribution in [0.1, 0.15) is 5.56 Å². The number of rotatable bonds is 5. The lowest BCUT2D eigenvalue weighted by Crippen LogP contribution is -2.08. The summed E-state index contributed by atoms with van der Waals surface area (Å²) in [6.07, 6.45) is 1.73. The van der Waals surface area contributed by atoms with Crippen molar-refractivity contribution in [3.63, 3.8) is 0 Å². The van der Waals surface area contributed by atoms with Crippen LogP contribution in [0, 0.1) is 0 Å². The molecule has 0 saturated carbocycles. The second-order valence-electron chi connectivity index (χ2n) is 3.42. The van der Waals surface area contributed by atoms with Crippen molar-refractivity contribution in [2.24, 2.45) is 0 Å². The number of tetrazole rings is 1. The van der Waals surface area contributed by atoms with Gasteiger partial charge in [0.25, 0.3) is 0 Å². The van der Waals surface area contributed by atoms with Crippen molar-refractivity contribution in [2.45, 2.75) is 13.1 Å². The van der Waals surface area contributed by atoms with Crippen molar-refractivity contribution in [1.82, 2.24) is 20.2 Å². The van der Waals surface area contributed by atoms with Crippen LogP contribution >= 0.6 is 11.6 Å². The first-order valence-corrected chi connectivity index (χ1v) is 5.53. The number of anilines is 1. The van der Waals surface area contributed by atoms with Crippen LogP contribution in [0.5, 0.6) is 0 Å². The van der Waals surface area contributed by atoms with Gasteiger partial charge in [-0.25, -0.2) is 4.68 Å². The van der Waals surface area contributed by atoms with E-state index >= 15 is 0 Å². The lowest BCUT2D eigenvalue weighted by atomic mass is 10.2. The molecule has 1 aromatic carbocycles. The van der Waals surface area contributed by atoms with Crippen LogP contribution in [0.3, 0.4) is 0 Å². The highest BCUT2D eigenvalue weighted by Gasteiger charge is 2.04. The summed E-state index contributed by atoms with van der Waals surface area (Å²) in [6, 6.07) is 7.64. The van der Waals surface area contributed by atoms with Crippen LogP contribution in [-0.2, 0) is 13.1 Å². The van der Waals surface area contributed by atoms with E-state index in [1.54, 1.807) is 10.8 Å². The molecular formula is C11H12ClN5. The van der Waals surface area contributed by atoms with Gasteiger partial charge in [-0.1, -0.05) is 41.0 Å². The fourth-order valence-corrected chi connectivity index (χ4v) is 1.60. The molecule has 1 N–H and O–H groups in total. The number of aromatic nitrogens is 4. The Morgan fingerprint density at radius 1 is 1.41 bits per heavy atom. The Balaban J connectivity index is 2.05. The Hall–Kier alpha value is -1.88. The van der Waals surface area contributed by atoms with Gasteiger partial charge >= 0.3 is 0 Å². The average Bonchev–Trinajstić information content (AvgIpc) is 2.76. The zero-order valence-electron chi connectivity index (χ0n) is 9.17. The Morgan fingerprint density at radius 2 is 2.24 bits per heavy atom. The van der Waals surface area contributed by atoms with Crippen LogP contribution in [0.15, 0.2) is 36.9 Å². The van der Waals surface area contributed by atoms with Crippen molar-refractivity contribution in [3.8, 4) is 0 Å². The van der Waals surface area contributed by atoms with E-state index in [9.17, 15) is 0 Å². The fourth-order valence-electron chi connectivity index (χ4n) is 1.39. The lowest BCUT2D eigenvalue weighted by Gasteiger charge is -2.06. The summed E-state index contributed by atoms with van der Waals surface area (Å²) in [5, 5.41) is 15.2. The molecule has 2 aromatic rings. The molecule has 0 saturated heterocycles. The number of nitrogens with one attached hydrogen (secondary N) is 1. The molecule has 0 spiro atoms. The normalized spacial score (nSPS) is 10.2. The molecule has 0 aliphatic carbocycles. The maximum Gasteiger partial charge on any atom is 0.243 e. The first-order chi connectivity index (χ1) is 8.31. The van der Waals surface area contributed by atoms with Crippen LogP contribution < -0.4 is 5.32 Å². The van der Waals surface area contributed by atoms with Gasteiger partial charge in [-0.3, -0.25) is 0 Å². The molecular weight excluding hydrogens is 238 g/mol. The molecule has 1 aromatic heterocycles. The standard InChI is InChI=1S/C11H12ClN5/c1-2-7-17-11(14-15-16-17)13-8-9-5-3-4-6-10(9)12/h2-6H,1,7-8H2,(H,13,14,16). The molecule has 0 atom stereocenters. The number of hydrogen-bond acceptors (Lipinski definition) is 4. The topological polar surface area (TPSA) is 55.6 Å². The van der Waals surface area contributed by atoms with Gasteiger partial charge in [-0.2, -0.15) is 0 Å². The molecule has 2 rings (SSSR count). The molecule has 0 fully saturated rings. The third kappa shape index (κ3) is 2.82. The zero-order chi connectivity index (χ0) is 12.1. The van der Waals surface area contributed by atoms with E-state index in [-0.39, 0.29) is 0 Å².